The highest BCUT2D eigenvalue weighted by atomic mass is 16.5. The SMILES string of the molecule is CCc1cc(N(CCCN)c2cccc(OC)c2)ncn1. The van der Waals surface area contributed by atoms with Gasteiger partial charge in [-0.15, -0.1) is 0 Å². The number of aryl methyl sites for hydroxylation is 1. The van der Waals surface area contributed by atoms with Gasteiger partial charge in [-0.3, -0.25) is 0 Å². The minimum atomic E-state index is 0.645. The van der Waals surface area contributed by atoms with E-state index in [2.05, 4.69) is 21.8 Å². The topological polar surface area (TPSA) is 64.3 Å². The van der Waals surface area contributed by atoms with Crippen LogP contribution < -0.4 is 15.4 Å². The van der Waals surface area contributed by atoms with Crippen LogP contribution in [0.15, 0.2) is 36.7 Å². The Morgan fingerprint density at radius 3 is 2.81 bits per heavy atom. The molecule has 0 saturated heterocycles. The van der Waals surface area contributed by atoms with E-state index in [0.717, 1.165) is 42.3 Å². The van der Waals surface area contributed by atoms with Gasteiger partial charge in [0.2, 0.25) is 0 Å². The molecule has 0 saturated carbocycles. The lowest BCUT2D eigenvalue weighted by Gasteiger charge is -2.24. The summed E-state index contributed by atoms with van der Waals surface area (Å²) in [7, 11) is 1.67. The van der Waals surface area contributed by atoms with Gasteiger partial charge in [0.05, 0.1) is 7.11 Å². The monoisotopic (exact) mass is 286 g/mol. The molecule has 0 aliphatic carbocycles. The van der Waals surface area contributed by atoms with Crippen LogP contribution in [0.25, 0.3) is 0 Å². The summed E-state index contributed by atoms with van der Waals surface area (Å²) in [5.41, 5.74) is 7.73. The second kappa shape index (κ2) is 7.59. The quantitative estimate of drug-likeness (QED) is 0.847. The van der Waals surface area contributed by atoms with Crippen molar-refractivity contribution in [2.45, 2.75) is 19.8 Å². The van der Waals surface area contributed by atoms with E-state index in [0.29, 0.717) is 6.54 Å². The third-order valence-corrected chi connectivity index (χ3v) is 3.30. The van der Waals surface area contributed by atoms with Gasteiger partial charge in [-0.1, -0.05) is 13.0 Å². The smallest absolute Gasteiger partial charge is 0.136 e. The fourth-order valence-corrected chi connectivity index (χ4v) is 2.13. The highest BCUT2D eigenvalue weighted by molar-refractivity contribution is 5.61. The molecule has 5 nitrogen and oxygen atoms in total. The second-order valence-electron chi connectivity index (χ2n) is 4.72. The molecule has 1 aromatic heterocycles. The Bertz CT molecular complexity index is 526. The molecule has 2 rings (SSSR count). The van der Waals surface area contributed by atoms with Crippen molar-refractivity contribution < 1.29 is 4.74 Å². The Balaban J connectivity index is 2.36. The highest BCUT2D eigenvalue weighted by Crippen LogP contribution is 2.27. The molecule has 112 valence electrons. The summed E-state index contributed by atoms with van der Waals surface area (Å²) in [4.78, 5) is 10.8. The summed E-state index contributed by atoms with van der Waals surface area (Å²) in [5.74, 6) is 1.72. The molecular weight excluding hydrogens is 264 g/mol. The molecule has 2 N–H and O–H groups in total. The van der Waals surface area contributed by atoms with Crippen molar-refractivity contribution in [3.05, 3.63) is 42.4 Å². The minimum absolute atomic E-state index is 0.645. The summed E-state index contributed by atoms with van der Waals surface area (Å²) in [6.45, 7) is 3.54. The number of aromatic nitrogens is 2. The van der Waals surface area contributed by atoms with Crippen LogP contribution in [0.1, 0.15) is 19.0 Å². The largest absolute Gasteiger partial charge is 0.497 e. The summed E-state index contributed by atoms with van der Waals surface area (Å²) >= 11 is 0. The van der Waals surface area contributed by atoms with Crippen LogP contribution in [-0.4, -0.2) is 30.2 Å². The predicted octanol–water partition coefficient (Wildman–Crippen LogP) is 2.53. The van der Waals surface area contributed by atoms with Gasteiger partial charge < -0.3 is 15.4 Å². The molecule has 0 aliphatic rings. The predicted molar refractivity (Wildman–Crippen MR) is 85.1 cm³/mol. The van der Waals surface area contributed by atoms with Gasteiger partial charge in [-0.25, -0.2) is 9.97 Å². The van der Waals surface area contributed by atoms with Crippen molar-refractivity contribution in [3.8, 4) is 5.75 Å². The zero-order valence-electron chi connectivity index (χ0n) is 12.6. The standard InChI is InChI=1S/C16H22N4O/c1-3-13-10-16(19-12-18-13)20(9-5-8-17)14-6-4-7-15(11-14)21-2/h4,6-7,10-12H,3,5,8-9,17H2,1-2H3. The maximum Gasteiger partial charge on any atom is 0.136 e. The van der Waals surface area contributed by atoms with Gasteiger partial charge in [0, 0.05) is 30.1 Å². The molecule has 2 aromatic rings. The lowest BCUT2D eigenvalue weighted by molar-refractivity contribution is 0.415. The zero-order valence-corrected chi connectivity index (χ0v) is 12.6. The molecule has 5 heteroatoms. The summed E-state index contributed by atoms with van der Waals surface area (Å²) < 4.78 is 5.31. The number of nitrogens with two attached hydrogens (primary N) is 1. The second-order valence-corrected chi connectivity index (χ2v) is 4.72. The van der Waals surface area contributed by atoms with E-state index in [1.54, 1.807) is 13.4 Å². The molecule has 0 unspecified atom stereocenters. The average Bonchev–Trinajstić information content (AvgIpc) is 2.55. The zero-order chi connectivity index (χ0) is 15.1. The Morgan fingerprint density at radius 2 is 2.10 bits per heavy atom. The van der Waals surface area contributed by atoms with Crippen LogP contribution in [0.4, 0.5) is 11.5 Å². The van der Waals surface area contributed by atoms with Gasteiger partial charge in [0.15, 0.2) is 0 Å². The molecule has 0 spiro atoms. The maximum atomic E-state index is 5.66. The normalized spacial score (nSPS) is 10.4. The van der Waals surface area contributed by atoms with Crippen LogP contribution in [0.3, 0.4) is 0 Å². The molecule has 0 amide bonds. The number of anilines is 2. The first-order chi connectivity index (χ1) is 10.3. The van der Waals surface area contributed by atoms with Gasteiger partial charge >= 0.3 is 0 Å². The number of nitrogens with zero attached hydrogens (tertiary/aromatic N) is 3. The van der Waals surface area contributed by atoms with Crippen molar-refractivity contribution in [1.29, 1.82) is 0 Å². The highest BCUT2D eigenvalue weighted by Gasteiger charge is 2.12. The van der Waals surface area contributed by atoms with Crippen molar-refractivity contribution in [2.24, 2.45) is 5.73 Å². The van der Waals surface area contributed by atoms with Crippen molar-refractivity contribution in [1.82, 2.24) is 9.97 Å². The van der Waals surface area contributed by atoms with E-state index in [1.165, 1.54) is 0 Å². The lowest BCUT2D eigenvalue weighted by Crippen LogP contribution is -2.22. The van der Waals surface area contributed by atoms with Crippen LogP contribution in [0, 0.1) is 0 Å². The lowest BCUT2D eigenvalue weighted by atomic mass is 10.2. The van der Waals surface area contributed by atoms with E-state index in [9.17, 15) is 0 Å². The Kier molecular flexibility index (Phi) is 5.51. The number of methoxy groups -OCH3 is 1. The van der Waals surface area contributed by atoms with E-state index >= 15 is 0 Å². The molecule has 0 radical (unpaired) electrons. The van der Waals surface area contributed by atoms with E-state index in [1.807, 2.05) is 30.3 Å². The fraction of sp³-hybridized carbons (Fsp3) is 0.375. The summed E-state index contributed by atoms with van der Waals surface area (Å²) in [6.07, 6.45) is 3.39. The van der Waals surface area contributed by atoms with Crippen LogP contribution in [0.5, 0.6) is 5.75 Å². The van der Waals surface area contributed by atoms with Gasteiger partial charge in [-0.05, 0) is 31.5 Å². The molecule has 21 heavy (non-hydrogen) atoms. The molecular formula is C16H22N4O. The van der Waals surface area contributed by atoms with Gasteiger partial charge in [0.25, 0.3) is 0 Å². The number of benzene rings is 1. The van der Waals surface area contributed by atoms with Gasteiger partial charge in [0.1, 0.15) is 17.9 Å². The number of rotatable bonds is 7. The van der Waals surface area contributed by atoms with Gasteiger partial charge in [-0.2, -0.15) is 0 Å². The molecule has 0 fully saturated rings. The third-order valence-electron chi connectivity index (χ3n) is 3.30. The first-order valence-electron chi connectivity index (χ1n) is 7.21. The van der Waals surface area contributed by atoms with Crippen molar-refractivity contribution in [2.75, 3.05) is 25.1 Å². The number of hydrogen-bond acceptors (Lipinski definition) is 5. The fourth-order valence-electron chi connectivity index (χ4n) is 2.13. The number of ether oxygens (including phenoxy) is 1. The third kappa shape index (κ3) is 3.92. The van der Waals surface area contributed by atoms with E-state index < -0.39 is 0 Å². The minimum Gasteiger partial charge on any atom is -0.497 e. The molecule has 0 bridgehead atoms. The Morgan fingerprint density at radius 1 is 1.24 bits per heavy atom. The van der Waals surface area contributed by atoms with Crippen LogP contribution in [-0.2, 0) is 6.42 Å². The number of hydrogen-bond donors (Lipinski definition) is 1. The molecule has 0 atom stereocenters. The first kappa shape index (κ1) is 15.3. The van der Waals surface area contributed by atoms with E-state index in [-0.39, 0.29) is 0 Å². The summed E-state index contributed by atoms with van der Waals surface area (Å²) in [5, 5.41) is 0. The van der Waals surface area contributed by atoms with Crippen LogP contribution in [0.2, 0.25) is 0 Å². The molecule has 0 aliphatic heterocycles. The Hall–Kier alpha value is -2.14. The van der Waals surface area contributed by atoms with Crippen molar-refractivity contribution >= 4 is 11.5 Å². The molecule has 1 heterocycles. The Labute approximate surface area is 125 Å². The summed E-state index contributed by atoms with van der Waals surface area (Å²) in [6, 6.07) is 9.99. The van der Waals surface area contributed by atoms with E-state index in [4.69, 9.17) is 10.5 Å². The average molecular weight is 286 g/mol. The maximum absolute atomic E-state index is 5.66. The molecule has 1 aromatic carbocycles. The van der Waals surface area contributed by atoms with Crippen molar-refractivity contribution in [3.63, 3.8) is 0 Å². The first-order valence-corrected chi connectivity index (χ1v) is 7.21. The van der Waals surface area contributed by atoms with Crippen LogP contribution >= 0.6 is 0 Å².